The smallest absolute Gasteiger partial charge is 0.273 e. The third-order valence-corrected chi connectivity index (χ3v) is 3.05. The van der Waals surface area contributed by atoms with E-state index >= 15 is 0 Å². The molecule has 100 valence electrons. The Bertz CT molecular complexity index is 446. The molecule has 0 aliphatic rings. The molecule has 8 heteroatoms. The molecule has 1 rings (SSSR count). The summed E-state index contributed by atoms with van der Waals surface area (Å²) >= 11 is 1.55. The number of nitrogens with two attached hydrogens (primary N) is 1. The zero-order chi connectivity index (χ0) is 13.7. The Morgan fingerprint density at radius 1 is 1.61 bits per heavy atom. The van der Waals surface area contributed by atoms with Crippen molar-refractivity contribution < 1.29 is 14.7 Å². The van der Waals surface area contributed by atoms with Crippen LogP contribution in [-0.4, -0.2) is 45.2 Å². The van der Waals surface area contributed by atoms with Crippen molar-refractivity contribution in [3.8, 4) is 5.75 Å². The predicted octanol–water partition coefficient (Wildman–Crippen LogP) is -0.239. The molecule has 0 saturated carbocycles. The quantitative estimate of drug-likeness (QED) is 0.569. The molecule has 0 spiro atoms. The molecule has 0 bridgehead atoms. The minimum atomic E-state index is -0.757. The van der Waals surface area contributed by atoms with Crippen LogP contribution in [-0.2, 0) is 4.79 Å². The fourth-order valence-electron chi connectivity index (χ4n) is 1.34. The Morgan fingerprint density at radius 2 is 2.28 bits per heavy atom. The minimum absolute atomic E-state index is 0.0668. The number of primary amides is 1. The number of carbonyl (C=O) groups excluding carboxylic acids is 2. The number of thioether (sulfide) groups is 1. The van der Waals surface area contributed by atoms with Gasteiger partial charge in [0.2, 0.25) is 5.91 Å². The van der Waals surface area contributed by atoms with Crippen molar-refractivity contribution in [2.45, 2.75) is 19.4 Å². The van der Waals surface area contributed by atoms with Crippen LogP contribution in [0.1, 0.15) is 22.6 Å². The van der Waals surface area contributed by atoms with Gasteiger partial charge in [-0.05, 0) is 25.4 Å². The SMILES string of the molecule is CSCC[C@H](NC(=O)c1[nH]nc(C)c1O)C(N)=O. The molecular formula is C10H16N4O3S. The van der Waals surface area contributed by atoms with Crippen LogP contribution in [0.2, 0.25) is 0 Å². The maximum absolute atomic E-state index is 11.8. The zero-order valence-electron chi connectivity index (χ0n) is 10.2. The van der Waals surface area contributed by atoms with Crippen LogP contribution in [0.5, 0.6) is 5.75 Å². The number of aryl methyl sites for hydroxylation is 1. The van der Waals surface area contributed by atoms with E-state index in [9.17, 15) is 14.7 Å². The average Bonchev–Trinajstić information content (AvgIpc) is 2.65. The van der Waals surface area contributed by atoms with E-state index in [-0.39, 0.29) is 11.4 Å². The van der Waals surface area contributed by atoms with Crippen LogP contribution in [0, 0.1) is 6.92 Å². The van der Waals surface area contributed by atoms with Crippen molar-refractivity contribution >= 4 is 23.6 Å². The number of rotatable bonds is 6. The van der Waals surface area contributed by atoms with Gasteiger partial charge in [-0.1, -0.05) is 0 Å². The highest BCUT2D eigenvalue weighted by molar-refractivity contribution is 7.98. The summed E-state index contributed by atoms with van der Waals surface area (Å²) in [4.78, 5) is 23.0. The summed E-state index contributed by atoms with van der Waals surface area (Å²) in [5, 5.41) is 18.1. The van der Waals surface area contributed by atoms with Gasteiger partial charge >= 0.3 is 0 Å². The Kier molecular flexibility index (Phi) is 5.02. The highest BCUT2D eigenvalue weighted by atomic mass is 32.2. The molecule has 2 amide bonds. The van der Waals surface area contributed by atoms with Gasteiger partial charge in [-0.3, -0.25) is 14.7 Å². The van der Waals surface area contributed by atoms with Gasteiger partial charge in [-0.15, -0.1) is 0 Å². The van der Waals surface area contributed by atoms with Crippen LogP contribution >= 0.6 is 11.8 Å². The number of nitrogens with one attached hydrogen (secondary N) is 2. The van der Waals surface area contributed by atoms with Crippen molar-refractivity contribution in [2.24, 2.45) is 5.73 Å². The molecule has 0 fully saturated rings. The van der Waals surface area contributed by atoms with E-state index in [1.807, 2.05) is 6.26 Å². The molecule has 0 aromatic carbocycles. The molecule has 1 atom stereocenters. The molecule has 0 aliphatic heterocycles. The molecule has 1 aromatic heterocycles. The summed E-state index contributed by atoms with van der Waals surface area (Å²) in [6.45, 7) is 1.56. The molecule has 0 saturated heterocycles. The second-order valence-corrected chi connectivity index (χ2v) is 4.73. The van der Waals surface area contributed by atoms with Gasteiger partial charge in [0.05, 0.1) is 0 Å². The lowest BCUT2D eigenvalue weighted by Gasteiger charge is -2.14. The lowest BCUT2D eigenvalue weighted by Crippen LogP contribution is -2.44. The van der Waals surface area contributed by atoms with E-state index in [4.69, 9.17) is 5.73 Å². The summed E-state index contributed by atoms with van der Waals surface area (Å²) in [6, 6.07) is -0.757. The summed E-state index contributed by atoms with van der Waals surface area (Å²) in [5.74, 6) is -0.728. The summed E-state index contributed by atoms with van der Waals surface area (Å²) in [7, 11) is 0. The van der Waals surface area contributed by atoms with Gasteiger partial charge < -0.3 is 16.2 Å². The topological polar surface area (TPSA) is 121 Å². The Balaban J connectivity index is 2.72. The zero-order valence-corrected chi connectivity index (χ0v) is 11.0. The van der Waals surface area contributed by atoms with Crippen molar-refractivity contribution in [2.75, 3.05) is 12.0 Å². The molecule has 0 unspecified atom stereocenters. The standard InChI is InChI=1S/C10H16N4O3S/c1-5-8(15)7(14-13-5)10(17)12-6(9(11)16)3-4-18-2/h6,15H,3-4H2,1-2H3,(H2,11,16)(H,12,17)(H,13,14)/t6-/m0/s1. The minimum Gasteiger partial charge on any atom is -0.504 e. The highest BCUT2D eigenvalue weighted by Crippen LogP contribution is 2.17. The molecule has 5 N–H and O–H groups in total. The van der Waals surface area contributed by atoms with Gasteiger partial charge in [0.1, 0.15) is 11.7 Å². The van der Waals surface area contributed by atoms with Gasteiger partial charge in [0.25, 0.3) is 5.91 Å². The van der Waals surface area contributed by atoms with E-state index in [1.54, 1.807) is 18.7 Å². The second kappa shape index (κ2) is 6.29. The molecule has 18 heavy (non-hydrogen) atoms. The van der Waals surface area contributed by atoms with Gasteiger partial charge in [0, 0.05) is 0 Å². The number of amides is 2. The van der Waals surface area contributed by atoms with Gasteiger partial charge in [0.15, 0.2) is 11.4 Å². The maximum atomic E-state index is 11.8. The van der Waals surface area contributed by atoms with Crippen LogP contribution in [0.15, 0.2) is 0 Å². The number of H-pyrrole nitrogens is 1. The fraction of sp³-hybridized carbons (Fsp3) is 0.500. The molecule has 7 nitrogen and oxygen atoms in total. The van der Waals surface area contributed by atoms with E-state index in [2.05, 4.69) is 15.5 Å². The number of nitrogens with zero attached hydrogens (tertiary/aromatic N) is 1. The average molecular weight is 272 g/mol. The fourth-order valence-corrected chi connectivity index (χ4v) is 1.81. The Labute approximate surface area is 109 Å². The number of aromatic amines is 1. The van der Waals surface area contributed by atoms with Crippen molar-refractivity contribution in [1.29, 1.82) is 0 Å². The first-order valence-electron chi connectivity index (χ1n) is 5.30. The predicted molar refractivity (Wildman–Crippen MR) is 68.4 cm³/mol. The van der Waals surface area contributed by atoms with Crippen LogP contribution in [0.4, 0.5) is 0 Å². The third kappa shape index (κ3) is 3.39. The van der Waals surface area contributed by atoms with Gasteiger partial charge in [-0.25, -0.2) is 0 Å². The number of hydrogen-bond donors (Lipinski definition) is 4. The van der Waals surface area contributed by atoms with Crippen LogP contribution < -0.4 is 11.1 Å². The lowest BCUT2D eigenvalue weighted by atomic mass is 10.2. The number of carbonyl (C=O) groups is 2. The largest absolute Gasteiger partial charge is 0.504 e. The summed E-state index contributed by atoms with van der Waals surface area (Å²) in [5.41, 5.74) is 5.45. The molecule has 0 aliphatic carbocycles. The van der Waals surface area contributed by atoms with Gasteiger partial charge in [-0.2, -0.15) is 16.9 Å². The second-order valence-electron chi connectivity index (χ2n) is 3.74. The maximum Gasteiger partial charge on any atom is 0.273 e. The van der Waals surface area contributed by atoms with E-state index in [1.165, 1.54) is 0 Å². The third-order valence-electron chi connectivity index (χ3n) is 2.40. The number of aromatic hydroxyl groups is 1. The number of hydrogen-bond acceptors (Lipinski definition) is 5. The molecule has 1 heterocycles. The van der Waals surface area contributed by atoms with E-state index in [0.717, 1.165) is 0 Å². The summed E-state index contributed by atoms with van der Waals surface area (Å²) < 4.78 is 0. The van der Waals surface area contributed by atoms with Crippen molar-refractivity contribution in [1.82, 2.24) is 15.5 Å². The lowest BCUT2D eigenvalue weighted by molar-refractivity contribution is -0.119. The Morgan fingerprint density at radius 3 is 2.72 bits per heavy atom. The normalized spacial score (nSPS) is 12.1. The first-order valence-corrected chi connectivity index (χ1v) is 6.69. The van der Waals surface area contributed by atoms with Crippen molar-refractivity contribution in [3.05, 3.63) is 11.4 Å². The highest BCUT2D eigenvalue weighted by Gasteiger charge is 2.22. The van der Waals surface area contributed by atoms with Crippen LogP contribution in [0.3, 0.4) is 0 Å². The molecular weight excluding hydrogens is 256 g/mol. The van der Waals surface area contributed by atoms with Crippen LogP contribution in [0.25, 0.3) is 0 Å². The van der Waals surface area contributed by atoms with Crippen molar-refractivity contribution in [3.63, 3.8) is 0 Å². The van der Waals surface area contributed by atoms with E-state index < -0.39 is 17.9 Å². The summed E-state index contributed by atoms with van der Waals surface area (Å²) in [6.07, 6.45) is 2.33. The monoisotopic (exact) mass is 272 g/mol. The number of aromatic nitrogens is 2. The first-order chi connectivity index (χ1) is 8.47. The first kappa shape index (κ1) is 14.4. The molecule has 1 aromatic rings. The Hall–Kier alpha value is -1.70. The molecule has 0 radical (unpaired) electrons. The van der Waals surface area contributed by atoms with E-state index in [0.29, 0.717) is 17.9 Å².